The second-order valence-electron chi connectivity index (χ2n) is 8.42. The Bertz CT molecular complexity index is 672. The van der Waals surface area contributed by atoms with E-state index in [4.69, 9.17) is 0 Å². The third-order valence-electron chi connectivity index (χ3n) is 6.47. The highest BCUT2D eigenvalue weighted by molar-refractivity contribution is 5.85. The van der Waals surface area contributed by atoms with Gasteiger partial charge in [0.15, 0.2) is 0 Å². The van der Waals surface area contributed by atoms with Gasteiger partial charge in [0.25, 0.3) is 0 Å². The first-order valence-electron chi connectivity index (χ1n) is 10.8. The molecule has 0 aliphatic carbocycles. The number of carbonyl (C=O) groups is 2. The van der Waals surface area contributed by atoms with Crippen LogP contribution in [-0.2, 0) is 11.2 Å². The van der Waals surface area contributed by atoms with Crippen LogP contribution in [0.15, 0.2) is 30.3 Å². The molecule has 28 heavy (non-hydrogen) atoms. The molecule has 4 rings (SSSR count). The third-order valence-corrected chi connectivity index (χ3v) is 6.47. The largest absolute Gasteiger partial charge is 0.336 e. The molecule has 3 aliphatic rings. The first kappa shape index (κ1) is 19.2. The van der Waals surface area contributed by atoms with E-state index in [2.05, 4.69) is 40.5 Å². The van der Waals surface area contributed by atoms with Crippen LogP contribution in [0.4, 0.5) is 4.79 Å². The lowest BCUT2D eigenvalue weighted by Crippen LogP contribution is -2.61. The van der Waals surface area contributed by atoms with Gasteiger partial charge in [-0.3, -0.25) is 4.79 Å². The van der Waals surface area contributed by atoms with Crippen molar-refractivity contribution in [1.82, 2.24) is 20.0 Å². The molecule has 0 bridgehead atoms. The number of nitrogens with one attached hydrogen (secondary N) is 1. The molecule has 3 fully saturated rings. The molecule has 3 saturated heterocycles. The number of fused-ring (bicyclic) bond motifs is 1. The van der Waals surface area contributed by atoms with Crippen molar-refractivity contribution in [2.75, 3.05) is 39.3 Å². The molecule has 3 aliphatic heterocycles. The van der Waals surface area contributed by atoms with Gasteiger partial charge in [0, 0.05) is 44.8 Å². The lowest BCUT2D eigenvalue weighted by atomic mass is 9.99. The lowest BCUT2D eigenvalue weighted by Gasteiger charge is -2.44. The topological polar surface area (TPSA) is 55.9 Å². The highest BCUT2D eigenvalue weighted by Gasteiger charge is 2.36. The summed E-state index contributed by atoms with van der Waals surface area (Å²) in [6, 6.07) is 11.0. The number of nitrogens with zero attached hydrogens (tertiary/aromatic N) is 3. The minimum atomic E-state index is -0.0543. The highest BCUT2D eigenvalue weighted by Crippen LogP contribution is 2.22. The highest BCUT2D eigenvalue weighted by atomic mass is 16.2. The number of carbonyl (C=O) groups excluding carboxylic acids is 2. The molecule has 1 aromatic carbocycles. The Labute approximate surface area is 167 Å². The van der Waals surface area contributed by atoms with E-state index in [-0.39, 0.29) is 30.6 Å². The molecule has 3 heterocycles. The summed E-state index contributed by atoms with van der Waals surface area (Å²) >= 11 is 0. The molecule has 1 N–H and O–H groups in total. The molecule has 152 valence electrons. The van der Waals surface area contributed by atoms with Crippen molar-refractivity contribution in [3.05, 3.63) is 35.9 Å². The van der Waals surface area contributed by atoms with Crippen molar-refractivity contribution in [2.45, 2.75) is 50.6 Å². The maximum Gasteiger partial charge on any atom is 0.318 e. The van der Waals surface area contributed by atoms with Gasteiger partial charge >= 0.3 is 6.03 Å². The maximum absolute atomic E-state index is 12.7. The van der Waals surface area contributed by atoms with Gasteiger partial charge in [-0.05, 0) is 44.1 Å². The van der Waals surface area contributed by atoms with Gasteiger partial charge < -0.3 is 20.0 Å². The fourth-order valence-corrected chi connectivity index (χ4v) is 4.75. The second kappa shape index (κ2) is 8.95. The predicted octanol–water partition coefficient (Wildman–Crippen LogP) is 2.10. The molecule has 6 nitrogen and oxygen atoms in total. The van der Waals surface area contributed by atoms with Crippen LogP contribution in [-0.4, -0.2) is 78.0 Å². The van der Waals surface area contributed by atoms with Gasteiger partial charge in [0.2, 0.25) is 5.91 Å². The Balaban J connectivity index is 1.20. The molecule has 6 heteroatoms. The summed E-state index contributed by atoms with van der Waals surface area (Å²) in [5, 5.41) is 3.19. The number of piperazine rings is 1. The summed E-state index contributed by atoms with van der Waals surface area (Å²) in [5.41, 5.74) is 1.38. The van der Waals surface area contributed by atoms with E-state index < -0.39 is 0 Å². The predicted molar refractivity (Wildman–Crippen MR) is 109 cm³/mol. The van der Waals surface area contributed by atoms with Gasteiger partial charge in [-0.2, -0.15) is 0 Å². The number of piperidine rings is 2. The van der Waals surface area contributed by atoms with Gasteiger partial charge in [0.05, 0.1) is 0 Å². The van der Waals surface area contributed by atoms with Crippen molar-refractivity contribution < 1.29 is 9.59 Å². The van der Waals surface area contributed by atoms with Gasteiger partial charge in [-0.1, -0.05) is 30.3 Å². The first-order chi connectivity index (χ1) is 13.7. The average molecular weight is 385 g/mol. The standard InChI is InChI=1S/C22H32N4O2/c27-21-17-25(16-20-8-4-5-12-26(20)21)22(28)23-19-10-14-24(15-11-19)13-9-18-6-2-1-3-7-18/h1-3,6-7,19-20H,4-5,8-17H2,(H,23,28). The van der Waals surface area contributed by atoms with Crippen molar-refractivity contribution >= 4 is 11.9 Å². The van der Waals surface area contributed by atoms with E-state index in [0.717, 1.165) is 64.7 Å². The van der Waals surface area contributed by atoms with Crippen molar-refractivity contribution in [3.63, 3.8) is 0 Å². The molecule has 3 amide bonds. The zero-order valence-corrected chi connectivity index (χ0v) is 16.7. The average Bonchev–Trinajstić information content (AvgIpc) is 2.74. The fraction of sp³-hybridized carbons (Fsp3) is 0.636. The van der Waals surface area contributed by atoms with E-state index in [1.54, 1.807) is 4.90 Å². The monoisotopic (exact) mass is 384 g/mol. The van der Waals surface area contributed by atoms with Crippen LogP contribution >= 0.6 is 0 Å². The SMILES string of the molecule is O=C(NC1CCN(CCc2ccccc2)CC1)N1CC(=O)N2CCCCC2C1. The van der Waals surface area contributed by atoms with E-state index in [9.17, 15) is 9.59 Å². The second-order valence-corrected chi connectivity index (χ2v) is 8.42. The zero-order valence-electron chi connectivity index (χ0n) is 16.7. The Hall–Kier alpha value is -2.08. The normalized spacial score (nSPS) is 24.1. The van der Waals surface area contributed by atoms with Crippen molar-refractivity contribution in [1.29, 1.82) is 0 Å². The molecule has 0 spiro atoms. The number of rotatable bonds is 4. The van der Waals surface area contributed by atoms with E-state index in [1.165, 1.54) is 5.56 Å². The van der Waals surface area contributed by atoms with Crippen LogP contribution < -0.4 is 5.32 Å². The van der Waals surface area contributed by atoms with Crippen molar-refractivity contribution in [3.8, 4) is 0 Å². The maximum atomic E-state index is 12.7. The number of amides is 3. The Kier molecular flexibility index (Phi) is 6.15. The molecule has 0 aromatic heterocycles. The third kappa shape index (κ3) is 4.66. The van der Waals surface area contributed by atoms with Crippen LogP contribution in [0.25, 0.3) is 0 Å². The molecular weight excluding hydrogens is 352 g/mol. The Morgan fingerprint density at radius 1 is 1.04 bits per heavy atom. The summed E-state index contributed by atoms with van der Waals surface area (Å²) in [6.45, 7) is 4.90. The number of hydrogen-bond acceptors (Lipinski definition) is 3. The summed E-state index contributed by atoms with van der Waals surface area (Å²) in [6.07, 6.45) is 6.32. The van der Waals surface area contributed by atoms with Crippen LogP contribution in [0.1, 0.15) is 37.7 Å². The number of hydrogen-bond donors (Lipinski definition) is 1. The smallest absolute Gasteiger partial charge is 0.318 e. The zero-order chi connectivity index (χ0) is 19.3. The summed E-state index contributed by atoms with van der Waals surface area (Å²) in [5.74, 6) is 0.113. The van der Waals surface area contributed by atoms with Gasteiger partial charge in [-0.25, -0.2) is 4.79 Å². The molecule has 1 atom stereocenters. The summed E-state index contributed by atoms with van der Waals surface area (Å²) in [7, 11) is 0. The Morgan fingerprint density at radius 2 is 1.82 bits per heavy atom. The van der Waals surface area contributed by atoms with E-state index >= 15 is 0 Å². The fourth-order valence-electron chi connectivity index (χ4n) is 4.75. The summed E-state index contributed by atoms with van der Waals surface area (Å²) < 4.78 is 0. The van der Waals surface area contributed by atoms with Crippen LogP contribution in [0.3, 0.4) is 0 Å². The van der Waals surface area contributed by atoms with Crippen LogP contribution in [0, 0.1) is 0 Å². The summed E-state index contributed by atoms with van der Waals surface area (Å²) in [4.78, 5) is 31.3. The van der Waals surface area contributed by atoms with Gasteiger partial charge in [0.1, 0.15) is 6.54 Å². The molecule has 1 aromatic rings. The molecule has 1 unspecified atom stereocenters. The van der Waals surface area contributed by atoms with Crippen molar-refractivity contribution in [2.24, 2.45) is 0 Å². The number of likely N-dealkylation sites (tertiary alicyclic amines) is 1. The quantitative estimate of drug-likeness (QED) is 0.865. The van der Waals surface area contributed by atoms with Gasteiger partial charge in [-0.15, -0.1) is 0 Å². The van der Waals surface area contributed by atoms with E-state index in [1.807, 2.05) is 4.90 Å². The first-order valence-corrected chi connectivity index (χ1v) is 10.8. The molecular formula is C22H32N4O2. The minimum Gasteiger partial charge on any atom is -0.336 e. The molecule has 0 saturated carbocycles. The van der Waals surface area contributed by atoms with Crippen LogP contribution in [0.5, 0.6) is 0 Å². The molecule has 0 radical (unpaired) electrons. The number of benzene rings is 1. The van der Waals surface area contributed by atoms with Crippen LogP contribution in [0.2, 0.25) is 0 Å². The number of urea groups is 1. The lowest BCUT2D eigenvalue weighted by molar-refractivity contribution is -0.140. The minimum absolute atomic E-state index is 0.0543. The van der Waals surface area contributed by atoms with E-state index in [0.29, 0.717) is 6.54 Å². The Morgan fingerprint density at radius 3 is 2.61 bits per heavy atom.